The van der Waals surface area contributed by atoms with Crippen molar-refractivity contribution in [3.8, 4) is 0 Å². The van der Waals surface area contributed by atoms with Gasteiger partial charge in [0.15, 0.2) is 0 Å². The first-order valence-corrected chi connectivity index (χ1v) is 7.04. The molecule has 2 rings (SSSR count). The van der Waals surface area contributed by atoms with Crippen molar-refractivity contribution >= 4 is 5.71 Å². The maximum absolute atomic E-state index is 9.34. The van der Waals surface area contributed by atoms with Gasteiger partial charge >= 0.3 is 0 Å². The maximum atomic E-state index is 9.34. The molecule has 2 fully saturated rings. The van der Waals surface area contributed by atoms with Crippen LogP contribution in [-0.2, 0) is 0 Å². The van der Waals surface area contributed by atoms with Gasteiger partial charge in [-0.3, -0.25) is 0 Å². The molecule has 1 N–H and O–H groups in total. The van der Waals surface area contributed by atoms with Gasteiger partial charge < -0.3 is 5.21 Å². The van der Waals surface area contributed by atoms with E-state index in [4.69, 9.17) is 0 Å². The van der Waals surface area contributed by atoms with Crippen molar-refractivity contribution in [2.75, 3.05) is 0 Å². The second-order valence-electron chi connectivity index (χ2n) is 7.43. The molecule has 0 heterocycles. The molecular formula is C15H27NO. The highest BCUT2D eigenvalue weighted by Crippen LogP contribution is 2.62. The molecule has 0 spiro atoms. The smallest absolute Gasteiger partial charge is 0.0615 e. The molecule has 2 saturated carbocycles. The third-order valence-corrected chi connectivity index (χ3v) is 5.52. The summed E-state index contributed by atoms with van der Waals surface area (Å²) in [5.74, 6) is 1.83. The lowest BCUT2D eigenvalue weighted by molar-refractivity contribution is 0.00834. The number of rotatable bonds is 1. The van der Waals surface area contributed by atoms with Gasteiger partial charge in [-0.1, -0.05) is 46.2 Å². The minimum absolute atomic E-state index is 0.290. The SMILES string of the molecule is CC(C)[C@@H]1CC(=NO)[C@H]2C(C)(C)CCC[C@@]12C. The van der Waals surface area contributed by atoms with Crippen LogP contribution >= 0.6 is 0 Å². The molecular weight excluding hydrogens is 210 g/mol. The monoisotopic (exact) mass is 237 g/mol. The fourth-order valence-electron chi connectivity index (χ4n) is 5.01. The summed E-state index contributed by atoms with van der Waals surface area (Å²) in [5.41, 5.74) is 1.70. The molecule has 0 bridgehead atoms. The lowest BCUT2D eigenvalue weighted by Crippen LogP contribution is -2.44. The van der Waals surface area contributed by atoms with Crippen LogP contribution in [0.3, 0.4) is 0 Å². The molecule has 2 nitrogen and oxygen atoms in total. The lowest BCUT2D eigenvalue weighted by Gasteiger charge is -2.50. The predicted octanol–water partition coefficient (Wildman–Crippen LogP) is 4.33. The molecule has 17 heavy (non-hydrogen) atoms. The summed E-state index contributed by atoms with van der Waals surface area (Å²) in [5, 5.41) is 13.0. The molecule has 0 amide bonds. The van der Waals surface area contributed by atoms with Crippen molar-refractivity contribution in [3.05, 3.63) is 0 Å². The first kappa shape index (κ1) is 12.9. The summed E-state index contributed by atoms with van der Waals surface area (Å²) in [6, 6.07) is 0. The molecule has 0 aliphatic heterocycles. The maximum Gasteiger partial charge on any atom is 0.0615 e. The summed E-state index contributed by atoms with van der Waals surface area (Å²) in [4.78, 5) is 0. The van der Waals surface area contributed by atoms with Crippen molar-refractivity contribution in [3.63, 3.8) is 0 Å². The Morgan fingerprint density at radius 2 is 1.88 bits per heavy atom. The van der Waals surface area contributed by atoms with Gasteiger partial charge in [0.25, 0.3) is 0 Å². The first-order valence-electron chi connectivity index (χ1n) is 7.04. The fraction of sp³-hybridized carbons (Fsp3) is 0.933. The largest absolute Gasteiger partial charge is 0.411 e. The third-order valence-electron chi connectivity index (χ3n) is 5.52. The number of fused-ring (bicyclic) bond motifs is 1. The van der Waals surface area contributed by atoms with Gasteiger partial charge in [0.2, 0.25) is 0 Å². The Balaban J connectivity index is 2.44. The van der Waals surface area contributed by atoms with Gasteiger partial charge in [-0.15, -0.1) is 0 Å². The Labute approximate surface area is 105 Å². The topological polar surface area (TPSA) is 32.6 Å². The minimum atomic E-state index is 0.290. The number of nitrogens with zero attached hydrogens (tertiary/aromatic N) is 1. The molecule has 2 heteroatoms. The van der Waals surface area contributed by atoms with Crippen LogP contribution in [0.25, 0.3) is 0 Å². The van der Waals surface area contributed by atoms with Crippen molar-refractivity contribution in [1.29, 1.82) is 0 Å². The van der Waals surface area contributed by atoms with Gasteiger partial charge in [0, 0.05) is 5.92 Å². The van der Waals surface area contributed by atoms with Crippen molar-refractivity contribution < 1.29 is 5.21 Å². The predicted molar refractivity (Wildman–Crippen MR) is 71.4 cm³/mol. The van der Waals surface area contributed by atoms with E-state index in [2.05, 4.69) is 39.8 Å². The van der Waals surface area contributed by atoms with E-state index in [1.165, 1.54) is 19.3 Å². The molecule has 0 aromatic carbocycles. The van der Waals surface area contributed by atoms with Crippen LogP contribution in [0, 0.1) is 28.6 Å². The van der Waals surface area contributed by atoms with Crippen LogP contribution in [-0.4, -0.2) is 10.9 Å². The summed E-state index contributed by atoms with van der Waals surface area (Å²) in [6.07, 6.45) is 4.88. The summed E-state index contributed by atoms with van der Waals surface area (Å²) < 4.78 is 0. The van der Waals surface area contributed by atoms with E-state index in [0.29, 0.717) is 23.2 Å². The lowest BCUT2D eigenvalue weighted by atomic mass is 9.54. The van der Waals surface area contributed by atoms with Gasteiger partial charge in [-0.05, 0) is 41.9 Å². The van der Waals surface area contributed by atoms with Crippen molar-refractivity contribution in [2.24, 2.45) is 33.7 Å². The first-order chi connectivity index (χ1) is 7.83. The minimum Gasteiger partial charge on any atom is -0.411 e. The highest BCUT2D eigenvalue weighted by Gasteiger charge is 2.57. The molecule has 3 atom stereocenters. The van der Waals surface area contributed by atoms with Gasteiger partial charge in [0.05, 0.1) is 5.71 Å². The van der Waals surface area contributed by atoms with E-state index in [0.717, 1.165) is 12.1 Å². The zero-order valence-electron chi connectivity index (χ0n) is 12.0. The standard InChI is InChI=1S/C15H27NO/c1-10(2)11-9-12(16-17)13-14(3,4)7-6-8-15(11,13)5/h10-11,13,17H,6-9H2,1-5H3/t11-,13-,15-/m0/s1. The second kappa shape index (κ2) is 4.00. The van der Waals surface area contributed by atoms with E-state index in [1.54, 1.807) is 0 Å². The molecule has 0 unspecified atom stereocenters. The van der Waals surface area contributed by atoms with E-state index < -0.39 is 0 Å². The molecule has 2 aliphatic carbocycles. The summed E-state index contributed by atoms with van der Waals surface area (Å²) >= 11 is 0. The molecule has 2 aliphatic rings. The van der Waals surface area contributed by atoms with Gasteiger partial charge in [-0.2, -0.15) is 0 Å². The Morgan fingerprint density at radius 3 is 2.41 bits per heavy atom. The Kier molecular flexibility index (Phi) is 3.04. The number of hydrogen-bond acceptors (Lipinski definition) is 2. The van der Waals surface area contributed by atoms with Crippen molar-refractivity contribution in [2.45, 2.75) is 60.3 Å². The van der Waals surface area contributed by atoms with Gasteiger partial charge in [-0.25, -0.2) is 0 Å². The number of oxime groups is 1. The zero-order chi connectivity index (χ0) is 12.8. The molecule has 0 saturated heterocycles. The highest BCUT2D eigenvalue weighted by atomic mass is 16.4. The molecule has 98 valence electrons. The van der Waals surface area contributed by atoms with Gasteiger partial charge in [0.1, 0.15) is 0 Å². The summed E-state index contributed by atoms with van der Waals surface area (Å²) in [7, 11) is 0. The Morgan fingerprint density at radius 1 is 1.24 bits per heavy atom. The van der Waals surface area contributed by atoms with Crippen LogP contribution in [0.15, 0.2) is 5.16 Å². The normalized spacial score (nSPS) is 43.1. The van der Waals surface area contributed by atoms with Crippen LogP contribution in [0.2, 0.25) is 0 Å². The van der Waals surface area contributed by atoms with Crippen molar-refractivity contribution in [1.82, 2.24) is 0 Å². The van der Waals surface area contributed by atoms with Crippen LogP contribution in [0.4, 0.5) is 0 Å². The van der Waals surface area contributed by atoms with E-state index in [9.17, 15) is 5.21 Å². The molecule has 0 aromatic heterocycles. The quantitative estimate of drug-likeness (QED) is 0.534. The fourth-order valence-corrected chi connectivity index (χ4v) is 5.01. The molecule has 0 aromatic rings. The number of hydrogen-bond donors (Lipinski definition) is 1. The molecule has 0 radical (unpaired) electrons. The average molecular weight is 237 g/mol. The summed E-state index contributed by atoms with van der Waals surface area (Å²) in [6.45, 7) is 11.8. The van der Waals surface area contributed by atoms with E-state index in [1.807, 2.05) is 0 Å². The van der Waals surface area contributed by atoms with E-state index in [-0.39, 0.29) is 5.41 Å². The van der Waals surface area contributed by atoms with Crippen LogP contribution < -0.4 is 0 Å². The third kappa shape index (κ3) is 1.80. The van der Waals surface area contributed by atoms with Crippen LogP contribution in [0.5, 0.6) is 0 Å². The zero-order valence-corrected chi connectivity index (χ0v) is 12.0. The van der Waals surface area contributed by atoms with Crippen LogP contribution in [0.1, 0.15) is 60.3 Å². The Hall–Kier alpha value is -0.530. The van der Waals surface area contributed by atoms with E-state index >= 15 is 0 Å². The highest BCUT2D eigenvalue weighted by molar-refractivity contribution is 5.90. The average Bonchev–Trinajstić information content (AvgIpc) is 2.51. The Bertz CT molecular complexity index is 332. The second-order valence-corrected chi connectivity index (χ2v) is 7.43.